The average Bonchev–Trinajstić information content (AvgIpc) is 2.34. The van der Waals surface area contributed by atoms with E-state index >= 15 is 0 Å². The van der Waals surface area contributed by atoms with Crippen molar-refractivity contribution in [2.75, 3.05) is 0 Å². The molecule has 3 nitrogen and oxygen atoms in total. The molecule has 0 atom stereocenters. The molecule has 6 heteroatoms. The summed E-state index contributed by atoms with van der Waals surface area (Å²) in [5.41, 5.74) is 0. The van der Waals surface area contributed by atoms with Crippen LogP contribution in [0.2, 0.25) is 0 Å². The summed E-state index contributed by atoms with van der Waals surface area (Å²) in [4.78, 5) is 0. The molecule has 0 unspecified atom stereocenters. The van der Waals surface area contributed by atoms with E-state index in [-0.39, 0.29) is 6.42 Å². The zero-order chi connectivity index (χ0) is 15.5. The lowest BCUT2D eigenvalue weighted by Gasteiger charge is -2.12. The molecular weight excluding hydrogens is 286 g/mol. The van der Waals surface area contributed by atoms with Crippen LogP contribution in [0.1, 0.15) is 84.0 Å². The van der Waals surface area contributed by atoms with Crippen LogP contribution in [0.15, 0.2) is 0 Å². The van der Waals surface area contributed by atoms with Gasteiger partial charge in [-0.05, 0) is 6.42 Å². The Hall–Kier alpha value is -0.230. The minimum absolute atomic E-state index is 0.128. The molecule has 0 aliphatic heterocycles. The first-order chi connectivity index (χ1) is 9.31. The standard InChI is InChI=1S/C14H28F2O3S/c1-2-3-4-5-6-7-8-9-10-11-12-13-14(15,16)20(17,18)19/h2-13H2,1H3,(H,17,18,19). The van der Waals surface area contributed by atoms with Crippen molar-refractivity contribution in [3.8, 4) is 0 Å². The Bertz CT molecular complexity index is 329. The Labute approximate surface area is 121 Å². The molecular formula is C14H28F2O3S. The van der Waals surface area contributed by atoms with Gasteiger partial charge in [0.25, 0.3) is 0 Å². The first kappa shape index (κ1) is 19.8. The molecule has 0 amide bonds. The van der Waals surface area contributed by atoms with Crippen LogP contribution in [0, 0.1) is 0 Å². The SMILES string of the molecule is CCCCCCCCCCCCCC(F)(F)S(=O)(=O)O. The molecule has 0 rings (SSSR count). The molecule has 0 aromatic rings. The molecule has 0 heterocycles. The first-order valence-electron chi connectivity index (χ1n) is 7.66. The van der Waals surface area contributed by atoms with Gasteiger partial charge in [-0.25, -0.2) is 0 Å². The molecule has 0 bridgehead atoms. The van der Waals surface area contributed by atoms with Gasteiger partial charge in [-0.3, -0.25) is 4.55 Å². The Morgan fingerprint density at radius 1 is 0.800 bits per heavy atom. The highest BCUT2D eigenvalue weighted by molar-refractivity contribution is 7.86. The molecule has 122 valence electrons. The normalized spacial score (nSPS) is 12.8. The van der Waals surface area contributed by atoms with E-state index in [1.54, 1.807) is 0 Å². The topological polar surface area (TPSA) is 54.4 Å². The van der Waals surface area contributed by atoms with Crippen LogP contribution in [0.5, 0.6) is 0 Å². The lowest BCUT2D eigenvalue weighted by Crippen LogP contribution is -2.27. The van der Waals surface area contributed by atoms with Crippen molar-refractivity contribution in [3.05, 3.63) is 0 Å². The Balaban J connectivity index is 3.37. The van der Waals surface area contributed by atoms with Gasteiger partial charge in [0.2, 0.25) is 0 Å². The highest BCUT2D eigenvalue weighted by atomic mass is 32.2. The van der Waals surface area contributed by atoms with Crippen LogP contribution in [0.4, 0.5) is 8.78 Å². The van der Waals surface area contributed by atoms with E-state index in [0.29, 0.717) is 6.42 Å². The van der Waals surface area contributed by atoms with Crippen LogP contribution in [0.3, 0.4) is 0 Å². The smallest absolute Gasteiger partial charge is 0.281 e. The summed E-state index contributed by atoms with van der Waals surface area (Å²) in [6, 6.07) is 0. The second-order valence-electron chi connectivity index (χ2n) is 5.40. The largest absolute Gasteiger partial charge is 0.370 e. The van der Waals surface area contributed by atoms with Crippen molar-refractivity contribution in [3.63, 3.8) is 0 Å². The molecule has 0 radical (unpaired) electrons. The van der Waals surface area contributed by atoms with Crippen molar-refractivity contribution in [2.24, 2.45) is 0 Å². The molecule has 0 saturated carbocycles. The van der Waals surface area contributed by atoms with Crippen molar-refractivity contribution in [1.82, 2.24) is 0 Å². The highest BCUT2D eigenvalue weighted by Gasteiger charge is 2.42. The Morgan fingerprint density at radius 2 is 1.15 bits per heavy atom. The molecule has 0 saturated heterocycles. The maximum absolute atomic E-state index is 12.9. The quantitative estimate of drug-likeness (QED) is 0.377. The summed E-state index contributed by atoms with van der Waals surface area (Å²) in [5.74, 6) is 0. The summed E-state index contributed by atoms with van der Waals surface area (Å²) < 4.78 is 54.8. The van der Waals surface area contributed by atoms with Gasteiger partial charge in [0.15, 0.2) is 0 Å². The fourth-order valence-electron chi connectivity index (χ4n) is 2.12. The Morgan fingerprint density at radius 3 is 1.50 bits per heavy atom. The van der Waals surface area contributed by atoms with Crippen LogP contribution >= 0.6 is 0 Å². The summed E-state index contributed by atoms with van der Waals surface area (Å²) in [6.45, 7) is 2.19. The zero-order valence-corrected chi connectivity index (χ0v) is 13.2. The van der Waals surface area contributed by atoms with E-state index < -0.39 is 21.8 Å². The van der Waals surface area contributed by atoms with E-state index in [4.69, 9.17) is 4.55 Å². The van der Waals surface area contributed by atoms with Crippen LogP contribution < -0.4 is 0 Å². The third-order valence-corrected chi connectivity index (χ3v) is 4.41. The van der Waals surface area contributed by atoms with Crippen LogP contribution in [-0.4, -0.2) is 18.2 Å². The first-order valence-corrected chi connectivity index (χ1v) is 9.10. The second kappa shape index (κ2) is 10.5. The predicted octanol–water partition coefficient (Wildman–Crippen LogP) is 5.17. The van der Waals surface area contributed by atoms with Gasteiger partial charge in [-0.2, -0.15) is 17.2 Å². The zero-order valence-electron chi connectivity index (χ0n) is 12.4. The number of hydrogen-bond donors (Lipinski definition) is 1. The van der Waals surface area contributed by atoms with Gasteiger partial charge >= 0.3 is 15.4 Å². The summed E-state index contributed by atoms with van der Waals surface area (Å²) in [6.07, 6.45) is 10.4. The second-order valence-corrected chi connectivity index (χ2v) is 6.95. The molecule has 0 fully saturated rings. The lowest BCUT2D eigenvalue weighted by molar-refractivity contribution is 0.0683. The molecule has 0 aliphatic carbocycles. The van der Waals surface area contributed by atoms with Crippen molar-refractivity contribution in [2.45, 2.75) is 89.2 Å². The van der Waals surface area contributed by atoms with Crippen molar-refractivity contribution in [1.29, 1.82) is 0 Å². The van der Waals surface area contributed by atoms with E-state index in [1.165, 1.54) is 38.5 Å². The monoisotopic (exact) mass is 314 g/mol. The van der Waals surface area contributed by atoms with Gasteiger partial charge in [0.05, 0.1) is 0 Å². The number of alkyl halides is 2. The summed E-state index contributed by atoms with van der Waals surface area (Å²) in [5, 5.41) is -3.99. The van der Waals surface area contributed by atoms with Gasteiger partial charge in [-0.15, -0.1) is 0 Å². The van der Waals surface area contributed by atoms with Crippen molar-refractivity contribution < 1.29 is 21.8 Å². The number of rotatable bonds is 13. The summed E-state index contributed by atoms with van der Waals surface area (Å²) in [7, 11) is -5.25. The molecule has 0 aliphatic rings. The van der Waals surface area contributed by atoms with E-state index in [1.807, 2.05) is 0 Å². The molecule has 0 spiro atoms. The van der Waals surface area contributed by atoms with E-state index in [9.17, 15) is 17.2 Å². The van der Waals surface area contributed by atoms with Crippen LogP contribution in [0.25, 0.3) is 0 Å². The van der Waals surface area contributed by atoms with Gasteiger partial charge in [-0.1, -0.05) is 71.1 Å². The maximum atomic E-state index is 12.9. The number of halogens is 2. The van der Waals surface area contributed by atoms with Gasteiger partial charge in [0.1, 0.15) is 0 Å². The minimum atomic E-state index is -5.25. The lowest BCUT2D eigenvalue weighted by atomic mass is 10.1. The maximum Gasteiger partial charge on any atom is 0.370 e. The number of hydrogen-bond acceptors (Lipinski definition) is 2. The average molecular weight is 314 g/mol. The summed E-state index contributed by atoms with van der Waals surface area (Å²) >= 11 is 0. The molecule has 1 N–H and O–H groups in total. The van der Waals surface area contributed by atoms with Gasteiger partial charge in [0, 0.05) is 6.42 Å². The number of unbranched alkanes of at least 4 members (excludes halogenated alkanes) is 10. The Kier molecular flexibility index (Phi) is 10.4. The minimum Gasteiger partial charge on any atom is -0.281 e. The highest BCUT2D eigenvalue weighted by Crippen LogP contribution is 2.27. The predicted molar refractivity (Wildman–Crippen MR) is 77.6 cm³/mol. The third-order valence-electron chi connectivity index (χ3n) is 3.45. The molecule has 20 heavy (non-hydrogen) atoms. The fraction of sp³-hybridized carbons (Fsp3) is 1.00. The van der Waals surface area contributed by atoms with E-state index in [2.05, 4.69) is 6.92 Å². The molecule has 0 aromatic heterocycles. The fourth-order valence-corrected chi connectivity index (χ4v) is 2.53. The van der Waals surface area contributed by atoms with Crippen molar-refractivity contribution >= 4 is 10.1 Å². The third kappa shape index (κ3) is 9.64. The molecule has 0 aromatic carbocycles. The van der Waals surface area contributed by atoms with Gasteiger partial charge < -0.3 is 0 Å². The van der Waals surface area contributed by atoms with E-state index in [0.717, 1.165) is 19.3 Å². The van der Waals surface area contributed by atoms with Crippen LogP contribution in [-0.2, 0) is 10.1 Å².